The summed E-state index contributed by atoms with van der Waals surface area (Å²) in [6, 6.07) is 9.67. The molecule has 0 aliphatic heterocycles. The monoisotopic (exact) mass is 483 g/mol. The molecule has 1 aliphatic rings. The number of carbonyl (C=O) groups is 2. The molecule has 2 heterocycles. The summed E-state index contributed by atoms with van der Waals surface area (Å²) in [5.41, 5.74) is 2.76. The zero-order valence-corrected chi connectivity index (χ0v) is 20.6. The molecule has 3 aromatic rings. The topological polar surface area (TPSA) is 88.9 Å². The third-order valence-corrected chi connectivity index (χ3v) is 7.85. The van der Waals surface area contributed by atoms with Gasteiger partial charge in [-0.15, -0.1) is 21.5 Å². The van der Waals surface area contributed by atoms with Gasteiger partial charge in [-0.05, 0) is 55.3 Å². The van der Waals surface area contributed by atoms with Crippen LogP contribution in [0.3, 0.4) is 0 Å². The van der Waals surface area contributed by atoms with Crippen molar-refractivity contribution in [1.82, 2.24) is 20.1 Å². The van der Waals surface area contributed by atoms with E-state index in [0.717, 1.165) is 41.4 Å². The minimum atomic E-state index is -0.526. The average molecular weight is 484 g/mol. The summed E-state index contributed by atoms with van der Waals surface area (Å²) in [7, 11) is 0. The molecule has 2 N–H and O–H groups in total. The standard InChI is InChI=1S/C24H29N5O2S2/c1-16-8-6-12-20(17(16)2)25-23(31)26-22(30)15-33-24-28-27-21(14-19-11-7-13-32-19)29(24)18-9-4-3-5-10-18/h6-8,11-13,18H,3-5,9-10,14-15H2,1-2H3,(H2,25,26,30,31). The molecule has 0 unspecified atom stereocenters. The van der Waals surface area contributed by atoms with E-state index in [-0.39, 0.29) is 11.7 Å². The number of imide groups is 1. The molecule has 33 heavy (non-hydrogen) atoms. The van der Waals surface area contributed by atoms with E-state index in [0.29, 0.717) is 11.7 Å². The van der Waals surface area contributed by atoms with Crippen molar-refractivity contribution in [3.05, 3.63) is 57.5 Å². The lowest BCUT2D eigenvalue weighted by Gasteiger charge is -2.25. The maximum Gasteiger partial charge on any atom is 0.325 e. The van der Waals surface area contributed by atoms with Gasteiger partial charge in [-0.3, -0.25) is 10.1 Å². The fourth-order valence-corrected chi connectivity index (χ4v) is 5.66. The molecule has 7 nitrogen and oxygen atoms in total. The summed E-state index contributed by atoms with van der Waals surface area (Å²) in [6.45, 7) is 3.92. The Morgan fingerprint density at radius 3 is 2.70 bits per heavy atom. The van der Waals surface area contributed by atoms with E-state index in [4.69, 9.17) is 0 Å². The third kappa shape index (κ3) is 6.03. The van der Waals surface area contributed by atoms with E-state index in [1.165, 1.54) is 35.9 Å². The van der Waals surface area contributed by atoms with Gasteiger partial charge in [0.25, 0.3) is 0 Å². The molecular weight excluding hydrogens is 454 g/mol. The van der Waals surface area contributed by atoms with Crippen LogP contribution in [0, 0.1) is 13.8 Å². The van der Waals surface area contributed by atoms with E-state index in [1.54, 1.807) is 11.3 Å². The van der Waals surface area contributed by atoms with Crippen LogP contribution in [0.15, 0.2) is 40.9 Å². The number of carbonyl (C=O) groups excluding carboxylic acids is 2. The Morgan fingerprint density at radius 1 is 1.12 bits per heavy atom. The number of nitrogens with zero attached hydrogens (tertiary/aromatic N) is 3. The SMILES string of the molecule is Cc1cccc(NC(=O)NC(=O)CSc2nnc(Cc3cccs3)n2C2CCCCC2)c1C. The number of urea groups is 1. The van der Waals surface area contributed by atoms with Gasteiger partial charge in [0.1, 0.15) is 5.82 Å². The third-order valence-electron chi connectivity index (χ3n) is 6.03. The van der Waals surface area contributed by atoms with E-state index < -0.39 is 6.03 Å². The predicted molar refractivity (Wildman–Crippen MR) is 133 cm³/mol. The molecule has 0 bridgehead atoms. The molecule has 3 amide bonds. The summed E-state index contributed by atoms with van der Waals surface area (Å²) in [4.78, 5) is 26.0. The lowest BCUT2D eigenvalue weighted by Crippen LogP contribution is -2.35. The number of thiophene rings is 1. The predicted octanol–water partition coefficient (Wildman–Crippen LogP) is 5.49. The van der Waals surface area contributed by atoms with Gasteiger partial charge in [-0.2, -0.15) is 0 Å². The van der Waals surface area contributed by atoms with E-state index in [1.807, 2.05) is 38.1 Å². The van der Waals surface area contributed by atoms with Gasteiger partial charge in [0.05, 0.1) is 5.75 Å². The van der Waals surface area contributed by atoms with E-state index in [2.05, 4.69) is 36.8 Å². The van der Waals surface area contributed by atoms with Crippen LogP contribution in [0.25, 0.3) is 0 Å². The molecule has 2 aromatic heterocycles. The van der Waals surface area contributed by atoms with Crippen molar-refractivity contribution in [3.63, 3.8) is 0 Å². The van der Waals surface area contributed by atoms with Crippen molar-refractivity contribution < 1.29 is 9.59 Å². The number of aryl methyl sites for hydroxylation is 1. The summed E-state index contributed by atoms with van der Waals surface area (Å²) in [5.74, 6) is 0.685. The molecule has 1 fully saturated rings. The van der Waals surface area contributed by atoms with Crippen LogP contribution in [0.4, 0.5) is 10.5 Å². The second-order valence-electron chi connectivity index (χ2n) is 8.36. The van der Waals surface area contributed by atoms with Crippen molar-refractivity contribution in [2.45, 2.75) is 63.6 Å². The van der Waals surface area contributed by atoms with Crippen LogP contribution in [-0.4, -0.2) is 32.5 Å². The number of nitrogens with one attached hydrogen (secondary N) is 2. The van der Waals surface area contributed by atoms with Gasteiger partial charge in [0, 0.05) is 23.0 Å². The Morgan fingerprint density at radius 2 is 1.94 bits per heavy atom. The second kappa shape index (κ2) is 11.0. The highest BCUT2D eigenvalue weighted by Gasteiger charge is 2.24. The number of anilines is 1. The highest BCUT2D eigenvalue weighted by atomic mass is 32.2. The van der Waals surface area contributed by atoms with Crippen LogP contribution in [0.2, 0.25) is 0 Å². The number of rotatable bonds is 7. The Kier molecular flexibility index (Phi) is 7.82. The number of hydrogen-bond acceptors (Lipinski definition) is 6. The minimum absolute atomic E-state index is 0.101. The molecule has 4 rings (SSSR count). The van der Waals surface area contributed by atoms with Crippen LogP contribution in [0.5, 0.6) is 0 Å². The van der Waals surface area contributed by atoms with Crippen LogP contribution in [-0.2, 0) is 11.2 Å². The molecular formula is C24H29N5O2S2. The Bertz CT molecular complexity index is 1100. The fraction of sp³-hybridized carbons (Fsp3) is 0.417. The van der Waals surface area contributed by atoms with Crippen LogP contribution < -0.4 is 10.6 Å². The summed E-state index contributed by atoms with van der Waals surface area (Å²) >= 11 is 3.05. The van der Waals surface area contributed by atoms with Gasteiger partial charge >= 0.3 is 6.03 Å². The maximum absolute atomic E-state index is 12.5. The number of amides is 3. The highest BCUT2D eigenvalue weighted by Crippen LogP contribution is 2.33. The number of thioether (sulfide) groups is 1. The van der Waals surface area contributed by atoms with Gasteiger partial charge in [0.15, 0.2) is 5.16 Å². The van der Waals surface area contributed by atoms with Crippen LogP contribution >= 0.6 is 23.1 Å². The zero-order chi connectivity index (χ0) is 23.2. The highest BCUT2D eigenvalue weighted by molar-refractivity contribution is 7.99. The Hall–Kier alpha value is -2.65. The number of aromatic nitrogens is 3. The molecule has 1 aliphatic carbocycles. The van der Waals surface area contributed by atoms with Gasteiger partial charge in [0.2, 0.25) is 5.91 Å². The molecule has 9 heteroatoms. The summed E-state index contributed by atoms with van der Waals surface area (Å²) in [6.07, 6.45) is 6.61. The lowest BCUT2D eigenvalue weighted by molar-refractivity contribution is -0.117. The van der Waals surface area contributed by atoms with Crippen LogP contribution in [0.1, 0.15) is 60.0 Å². The minimum Gasteiger partial charge on any atom is -0.307 e. The Labute approximate surface area is 202 Å². The average Bonchev–Trinajstić information content (AvgIpc) is 3.46. The van der Waals surface area contributed by atoms with Gasteiger partial charge in [-0.1, -0.05) is 49.2 Å². The van der Waals surface area contributed by atoms with Gasteiger partial charge < -0.3 is 9.88 Å². The van der Waals surface area contributed by atoms with Gasteiger partial charge in [-0.25, -0.2) is 4.79 Å². The molecule has 0 atom stereocenters. The largest absolute Gasteiger partial charge is 0.325 e. The van der Waals surface area contributed by atoms with Crippen molar-refractivity contribution in [3.8, 4) is 0 Å². The number of benzene rings is 1. The van der Waals surface area contributed by atoms with E-state index in [9.17, 15) is 9.59 Å². The molecule has 174 valence electrons. The molecule has 1 saturated carbocycles. The first-order valence-electron chi connectivity index (χ1n) is 11.3. The number of hydrogen-bond donors (Lipinski definition) is 2. The smallest absolute Gasteiger partial charge is 0.307 e. The first-order chi connectivity index (χ1) is 16.0. The van der Waals surface area contributed by atoms with Crippen molar-refractivity contribution in [2.24, 2.45) is 0 Å². The van der Waals surface area contributed by atoms with Crippen molar-refractivity contribution >= 4 is 40.7 Å². The molecule has 1 aromatic carbocycles. The second-order valence-corrected chi connectivity index (χ2v) is 10.3. The lowest BCUT2D eigenvalue weighted by atomic mass is 9.95. The molecule has 0 spiro atoms. The molecule has 0 radical (unpaired) electrons. The fourth-order valence-electron chi connectivity index (χ4n) is 4.13. The normalized spacial score (nSPS) is 14.2. The summed E-state index contributed by atoms with van der Waals surface area (Å²) < 4.78 is 2.23. The summed E-state index contributed by atoms with van der Waals surface area (Å²) in [5, 5.41) is 16.9. The Balaban J connectivity index is 1.39. The van der Waals surface area contributed by atoms with Crippen molar-refractivity contribution in [2.75, 3.05) is 11.1 Å². The van der Waals surface area contributed by atoms with E-state index >= 15 is 0 Å². The maximum atomic E-state index is 12.5. The zero-order valence-electron chi connectivity index (χ0n) is 19.0. The first kappa shape index (κ1) is 23.5. The molecule has 0 saturated heterocycles. The van der Waals surface area contributed by atoms with Crippen molar-refractivity contribution in [1.29, 1.82) is 0 Å². The first-order valence-corrected chi connectivity index (χ1v) is 13.1. The quantitative estimate of drug-likeness (QED) is 0.434.